The summed E-state index contributed by atoms with van der Waals surface area (Å²) in [7, 11) is 0. The number of benzene rings is 2. The number of nitrogens with zero attached hydrogens (tertiary/aromatic N) is 2. The maximum Gasteiger partial charge on any atom is 0.238 e. The molecule has 146 valence electrons. The van der Waals surface area contributed by atoms with E-state index in [-0.39, 0.29) is 18.2 Å². The lowest BCUT2D eigenvalue weighted by atomic mass is 10.0. The Morgan fingerprint density at radius 1 is 1.07 bits per heavy atom. The molecule has 0 unspecified atom stereocenters. The van der Waals surface area contributed by atoms with E-state index in [0.29, 0.717) is 52.5 Å². The largest absolute Gasteiger partial charge is 0.343 e. The first-order valence-electron chi connectivity index (χ1n) is 8.78. The van der Waals surface area contributed by atoms with E-state index in [9.17, 15) is 14.4 Å². The summed E-state index contributed by atoms with van der Waals surface area (Å²) in [4.78, 5) is 39.9. The molecule has 0 spiro atoms. The first-order chi connectivity index (χ1) is 13.5. The van der Waals surface area contributed by atoms with Crippen LogP contribution in [0.4, 0.5) is 5.69 Å². The van der Waals surface area contributed by atoms with Gasteiger partial charge in [-0.05, 0) is 30.3 Å². The summed E-state index contributed by atoms with van der Waals surface area (Å²) in [6.07, 6.45) is 0.824. The highest BCUT2D eigenvalue weighted by molar-refractivity contribution is 9.10. The molecule has 3 rings (SSSR count). The van der Waals surface area contributed by atoms with Crippen molar-refractivity contribution in [2.24, 2.45) is 0 Å². The van der Waals surface area contributed by atoms with Gasteiger partial charge in [-0.2, -0.15) is 0 Å². The van der Waals surface area contributed by atoms with E-state index < -0.39 is 0 Å². The molecular weight excluding hydrogens is 446 g/mol. The Morgan fingerprint density at radius 3 is 2.46 bits per heavy atom. The molecule has 1 aliphatic heterocycles. The highest BCUT2D eigenvalue weighted by atomic mass is 79.9. The second-order valence-corrected chi connectivity index (χ2v) is 7.76. The average molecular weight is 465 g/mol. The van der Waals surface area contributed by atoms with Crippen molar-refractivity contribution in [2.75, 3.05) is 38.0 Å². The number of carbonyl (C=O) groups is 3. The van der Waals surface area contributed by atoms with Crippen molar-refractivity contribution in [3.05, 3.63) is 63.1 Å². The number of halogens is 2. The summed E-state index contributed by atoms with van der Waals surface area (Å²) in [6, 6.07) is 11.9. The van der Waals surface area contributed by atoms with Crippen molar-refractivity contribution >= 4 is 51.3 Å². The number of hydrogen-bond acceptors (Lipinski definition) is 4. The predicted molar refractivity (Wildman–Crippen MR) is 112 cm³/mol. The Labute approximate surface area is 176 Å². The van der Waals surface area contributed by atoms with Crippen LogP contribution in [0.1, 0.15) is 15.9 Å². The summed E-state index contributed by atoms with van der Waals surface area (Å²) in [6.45, 7) is 2.66. The molecule has 6 nitrogen and oxygen atoms in total. The second kappa shape index (κ2) is 9.32. The minimum absolute atomic E-state index is 0.192. The smallest absolute Gasteiger partial charge is 0.238 e. The zero-order chi connectivity index (χ0) is 20.1. The molecule has 2 aromatic carbocycles. The maximum absolute atomic E-state index is 13.0. The van der Waals surface area contributed by atoms with Crippen molar-refractivity contribution in [3.63, 3.8) is 0 Å². The summed E-state index contributed by atoms with van der Waals surface area (Å²) in [5, 5.41) is 3.24. The Hall–Kier alpha value is -2.22. The standard InChI is InChI=1S/C20H19BrClN3O3/c21-17-4-2-1-3-15(17)20(28)16-11-14(22)5-6-18(16)23-19(27)12-24-7-9-25(13-26)10-8-24/h1-6,11,13H,7-10,12H2,(H,23,27). The Bertz CT molecular complexity index is 898. The molecular formula is C20H19BrClN3O3. The van der Waals surface area contributed by atoms with E-state index in [1.807, 2.05) is 11.0 Å². The SMILES string of the molecule is O=CN1CCN(CC(=O)Nc2ccc(Cl)cc2C(=O)c2ccccc2Br)CC1. The third-order valence-electron chi connectivity index (χ3n) is 4.54. The van der Waals surface area contributed by atoms with Crippen LogP contribution in [0.3, 0.4) is 0 Å². The summed E-state index contributed by atoms with van der Waals surface area (Å²) in [5.41, 5.74) is 1.24. The maximum atomic E-state index is 13.0. The van der Waals surface area contributed by atoms with Gasteiger partial charge in [0.05, 0.1) is 12.2 Å². The molecule has 1 saturated heterocycles. The zero-order valence-electron chi connectivity index (χ0n) is 15.0. The van der Waals surface area contributed by atoms with E-state index in [1.54, 1.807) is 41.3 Å². The number of carbonyl (C=O) groups excluding carboxylic acids is 3. The van der Waals surface area contributed by atoms with Gasteiger partial charge in [-0.25, -0.2) is 0 Å². The number of amides is 2. The van der Waals surface area contributed by atoms with Gasteiger partial charge in [-0.15, -0.1) is 0 Å². The number of rotatable bonds is 6. The lowest BCUT2D eigenvalue weighted by molar-refractivity contribution is -0.120. The monoisotopic (exact) mass is 463 g/mol. The van der Waals surface area contributed by atoms with E-state index in [1.165, 1.54) is 0 Å². The van der Waals surface area contributed by atoms with Gasteiger partial charge in [0.15, 0.2) is 5.78 Å². The van der Waals surface area contributed by atoms with Crippen LogP contribution in [0.5, 0.6) is 0 Å². The van der Waals surface area contributed by atoms with Crippen molar-refractivity contribution in [1.82, 2.24) is 9.80 Å². The molecule has 0 aromatic heterocycles. The number of piperazine rings is 1. The molecule has 1 N–H and O–H groups in total. The second-order valence-electron chi connectivity index (χ2n) is 6.46. The van der Waals surface area contributed by atoms with E-state index >= 15 is 0 Å². The van der Waals surface area contributed by atoms with Gasteiger partial charge in [0, 0.05) is 46.8 Å². The van der Waals surface area contributed by atoms with E-state index in [0.717, 1.165) is 6.41 Å². The zero-order valence-corrected chi connectivity index (χ0v) is 17.4. The molecule has 28 heavy (non-hydrogen) atoms. The van der Waals surface area contributed by atoms with Crippen LogP contribution >= 0.6 is 27.5 Å². The molecule has 1 aliphatic rings. The van der Waals surface area contributed by atoms with Gasteiger partial charge in [0.2, 0.25) is 12.3 Å². The molecule has 0 saturated carbocycles. The molecule has 0 radical (unpaired) electrons. The molecule has 1 heterocycles. The molecule has 0 bridgehead atoms. The van der Waals surface area contributed by atoms with E-state index in [4.69, 9.17) is 11.6 Å². The fourth-order valence-electron chi connectivity index (χ4n) is 3.02. The number of ketones is 1. The fraction of sp³-hybridized carbons (Fsp3) is 0.250. The van der Waals surface area contributed by atoms with E-state index in [2.05, 4.69) is 21.2 Å². The highest BCUT2D eigenvalue weighted by Gasteiger charge is 2.21. The lowest BCUT2D eigenvalue weighted by Crippen LogP contribution is -2.48. The third-order valence-corrected chi connectivity index (χ3v) is 5.47. The van der Waals surface area contributed by atoms with Gasteiger partial charge in [-0.3, -0.25) is 19.3 Å². The number of hydrogen-bond donors (Lipinski definition) is 1. The van der Waals surface area contributed by atoms with Crippen LogP contribution < -0.4 is 5.32 Å². The minimum Gasteiger partial charge on any atom is -0.343 e. The fourth-order valence-corrected chi connectivity index (χ4v) is 3.66. The molecule has 0 atom stereocenters. The molecule has 2 amide bonds. The van der Waals surface area contributed by atoms with Gasteiger partial charge >= 0.3 is 0 Å². The molecule has 2 aromatic rings. The normalized spacial score (nSPS) is 14.6. The summed E-state index contributed by atoms with van der Waals surface area (Å²) in [5.74, 6) is -0.451. The number of anilines is 1. The van der Waals surface area contributed by atoms with Crippen LogP contribution in [0.15, 0.2) is 46.9 Å². The van der Waals surface area contributed by atoms with Crippen LogP contribution in [0, 0.1) is 0 Å². The average Bonchev–Trinajstić information content (AvgIpc) is 2.70. The van der Waals surface area contributed by atoms with Gasteiger partial charge in [-0.1, -0.05) is 39.7 Å². The Balaban J connectivity index is 1.74. The number of nitrogens with one attached hydrogen (secondary N) is 1. The van der Waals surface area contributed by atoms with Crippen LogP contribution in [-0.2, 0) is 9.59 Å². The van der Waals surface area contributed by atoms with Gasteiger partial charge < -0.3 is 10.2 Å². The first-order valence-corrected chi connectivity index (χ1v) is 9.95. The Morgan fingerprint density at radius 2 is 1.79 bits per heavy atom. The van der Waals surface area contributed by atoms with Crippen LogP contribution in [0.2, 0.25) is 5.02 Å². The molecule has 0 aliphatic carbocycles. The highest BCUT2D eigenvalue weighted by Crippen LogP contribution is 2.26. The lowest BCUT2D eigenvalue weighted by Gasteiger charge is -2.31. The Kier molecular flexibility index (Phi) is 6.83. The van der Waals surface area contributed by atoms with Crippen molar-refractivity contribution in [2.45, 2.75) is 0 Å². The van der Waals surface area contributed by atoms with Crippen LogP contribution in [0.25, 0.3) is 0 Å². The predicted octanol–water partition coefficient (Wildman–Crippen LogP) is 3.05. The first kappa shape index (κ1) is 20.5. The van der Waals surface area contributed by atoms with Crippen molar-refractivity contribution in [3.8, 4) is 0 Å². The van der Waals surface area contributed by atoms with Crippen molar-refractivity contribution < 1.29 is 14.4 Å². The quantitative estimate of drug-likeness (QED) is 0.527. The summed E-state index contributed by atoms with van der Waals surface area (Å²) >= 11 is 9.48. The molecule has 8 heteroatoms. The third kappa shape index (κ3) is 4.98. The minimum atomic E-state index is -0.232. The van der Waals surface area contributed by atoms with Crippen molar-refractivity contribution in [1.29, 1.82) is 0 Å². The topological polar surface area (TPSA) is 69.7 Å². The summed E-state index contributed by atoms with van der Waals surface area (Å²) < 4.78 is 0.672. The molecule has 1 fully saturated rings. The van der Waals surface area contributed by atoms with Gasteiger partial charge in [0.1, 0.15) is 0 Å². The van der Waals surface area contributed by atoms with Gasteiger partial charge in [0.25, 0.3) is 0 Å². The van der Waals surface area contributed by atoms with Crippen LogP contribution in [-0.4, -0.2) is 60.6 Å².